The Morgan fingerprint density at radius 2 is 1.30 bits per heavy atom. The smallest absolute Gasteiger partial charge is 0.328 e. The Morgan fingerprint density at radius 1 is 0.800 bits per heavy atom. The van der Waals surface area contributed by atoms with Crippen LogP contribution in [0.25, 0.3) is 0 Å². The lowest BCUT2D eigenvalue weighted by molar-refractivity contribution is -0.145. The van der Waals surface area contributed by atoms with Crippen LogP contribution in [0.3, 0.4) is 0 Å². The Balaban J connectivity index is 2.02. The largest absolute Gasteiger partial charge is 0.464 e. The van der Waals surface area contributed by atoms with Gasteiger partial charge in [0.25, 0.3) is 5.91 Å². The molecular weight excluding hydrogens is 374 g/mol. The molecule has 4 heteroatoms. The normalized spacial score (nSPS) is 11.8. The molecule has 0 spiro atoms. The molecule has 0 aliphatic rings. The summed E-state index contributed by atoms with van der Waals surface area (Å²) in [6.07, 6.45) is 16.3. The molecule has 0 aliphatic heterocycles. The second kappa shape index (κ2) is 16.9. The molecule has 0 aliphatic carbocycles. The van der Waals surface area contributed by atoms with Crippen molar-refractivity contribution in [2.45, 2.75) is 110 Å². The van der Waals surface area contributed by atoms with Gasteiger partial charge in [0.1, 0.15) is 6.04 Å². The Labute approximate surface area is 184 Å². The summed E-state index contributed by atoms with van der Waals surface area (Å²) in [6.45, 7) is 6.43. The van der Waals surface area contributed by atoms with E-state index < -0.39 is 6.04 Å². The van der Waals surface area contributed by atoms with Gasteiger partial charge in [0.05, 0.1) is 6.61 Å². The summed E-state index contributed by atoms with van der Waals surface area (Å²) in [7, 11) is 0. The van der Waals surface area contributed by atoms with Gasteiger partial charge in [0, 0.05) is 5.56 Å². The van der Waals surface area contributed by atoms with E-state index in [0.29, 0.717) is 12.2 Å². The second-order valence-corrected chi connectivity index (χ2v) is 8.30. The van der Waals surface area contributed by atoms with Crippen LogP contribution in [0.4, 0.5) is 0 Å². The van der Waals surface area contributed by atoms with Gasteiger partial charge in [-0.05, 0) is 37.5 Å². The number of nitrogens with one attached hydrogen (secondary N) is 1. The molecule has 30 heavy (non-hydrogen) atoms. The molecule has 1 aromatic carbocycles. The number of carbonyl (C=O) groups excluding carboxylic acids is 2. The van der Waals surface area contributed by atoms with Gasteiger partial charge in [-0.2, -0.15) is 0 Å². The average molecular weight is 418 g/mol. The Hall–Kier alpha value is -1.84. The fourth-order valence-corrected chi connectivity index (χ4v) is 3.47. The Bertz CT molecular complexity index is 582. The summed E-state index contributed by atoms with van der Waals surface area (Å²) in [5.74, 6) is -0.607. The summed E-state index contributed by atoms with van der Waals surface area (Å²) in [5.41, 5.74) is 1.74. The standard InChI is InChI=1S/C26H43NO3/c1-4-6-7-8-9-10-11-12-13-14-15-16-21-30-26(29)22(3)27-25(28)24-19-17-23(5-2)18-20-24/h17-20,22H,4-16,21H2,1-3H3,(H,27,28)/t22-/m0/s1. The Kier molecular flexibility index (Phi) is 14.8. The summed E-state index contributed by atoms with van der Waals surface area (Å²) >= 11 is 0. The number of aryl methyl sites for hydroxylation is 1. The summed E-state index contributed by atoms with van der Waals surface area (Å²) in [5, 5.41) is 2.72. The van der Waals surface area contributed by atoms with E-state index in [-0.39, 0.29) is 11.9 Å². The molecule has 1 aromatic rings. The van der Waals surface area contributed by atoms with E-state index in [4.69, 9.17) is 4.74 Å². The third kappa shape index (κ3) is 12.0. The molecule has 1 atom stereocenters. The number of esters is 1. The van der Waals surface area contributed by atoms with Gasteiger partial charge in [0.15, 0.2) is 0 Å². The molecule has 0 bridgehead atoms. The van der Waals surface area contributed by atoms with Crippen LogP contribution in [0.15, 0.2) is 24.3 Å². The van der Waals surface area contributed by atoms with E-state index in [1.165, 1.54) is 69.8 Å². The zero-order valence-electron chi connectivity index (χ0n) is 19.5. The molecule has 170 valence electrons. The van der Waals surface area contributed by atoms with Crippen molar-refractivity contribution in [3.05, 3.63) is 35.4 Å². The number of hydrogen-bond donors (Lipinski definition) is 1. The van der Waals surface area contributed by atoms with Crippen molar-refractivity contribution in [1.82, 2.24) is 5.32 Å². The first-order chi connectivity index (χ1) is 14.6. The molecule has 4 nitrogen and oxygen atoms in total. The SMILES string of the molecule is CCCCCCCCCCCCCCOC(=O)[C@H](C)NC(=O)c1ccc(CC)cc1. The van der Waals surface area contributed by atoms with Crippen molar-refractivity contribution < 1.29 is 14.3 Å². The number of hydrogen-bond acceptors (Lipinski definition) is 3. The van der Waals surface area contributed by atoms with Crippen LogP contribution < -0.4 is 5.32 Å². The number of rotatable bonds is 17. The number of benzene rings is 1. The predicted octanol–water partition coefficient (Wildman–Crippen LogP) is 6.61. The first kappa shape index (κ1) is 26.2. The van der Waals surface area contributed by atoms with Crippen molar-refractivity contribution in [3.8, 4) is 0 Å². The van der Waals surface area contributed by atoms with Gasteiger partial charge < -0.3 is 10.1 Å². The average Bonchev–Trinajstić information content (AvgIpc) is 2.76. The van der Waals surface area contributed by atoms with Crippen molar-refractivity contribution in [2.75, 3.05) is 6.61 Å². The number of amides is 1. The lowest BCUT2D eigenvalue weighted by Crippen LogP contribution is -2.39. The zero-order chi connectivity index (χ0) is 22.0. The zero-order valence-corrected chi connectivity index (χ0v) is 19.5. The Morgan fingerprint density at radius 3 is 1.80 bits per heavy atom. The monoisotopic (exact) mass is 417 g/mol. The van der Waals surface area contributed by atoms with Crippen molar-refractivity contribution in [3.63, 3.8) is 0 Å². The predicted molar refractivity (Wildman–Crippen MR) is 125 cm³/mol. The van der Waals surface area contributed by atoms with Crippen LogP contribution in [0.2, 0.25) is 0 Å². The van der Waals surface area contributed by atoms with E-state index >= 15 is 0 Å². The highest BCUT2D eigenvalue weighted by Gasteiger charge is 2.17. The summed E-state index contributed by atoms with van der Waals surface area (Å²) < 4.78 is 5.32. The molecule has 0 fully saturated rings. The number of ether oxygens (including phenoxy) is 1. The minimum Gasteiger partial charge on any atom is -0.464 e. The maximum Gasteiger partial charge on any atom is 0.328 e. The van der Waals surface area contributed by atoms with Crippen LogP contribution in [0.1, 0.15) is 114 Å². The maximum atomic E-state index is 12.2. The van der Waals surface area contributed by atoms with Crippen molar-refractivity contribution >= 4 is 11.9 Å². The molecule has 0 saturated heterocycles. The van der Waals surface area contributed by atoms with Gasteiger partial charge in [-0.1, -0.05) is 96.6 Å². The molecule has 1 rings (SSSR count). The van der Waals surface area contributed by atoms with Crippen LogP contribution in [-0.2, 0) is 16.0 Å². The number of carbonyl (C=O) groups is 2. The molecule has 1 amide bonds. The quantitative estimate of drug-likeness (QED) is 0.229. The molecular formula is C26H43NO3. The van der Waals surface area contributed by atoms with Gasteiger partial charge in [-0.15, -0.1) is 0 Å². The molecule has 0 saturated carbocycles. The van der Waals surface area contributed by atoms with E-state index in [9.17, 15) is 9.59 Å². The molecule has 0 aromatic heterocycles. The van der Waals surface area contributed by atoms with E-state index in [1.54, 1.807) is 19.1 Å². The number of unbranched alkanes of at least 4 members (excludes halogenated alkanes) is 11. The highest BCUT2D eigenvalue weighted by molar-refractivity contribution is 5.96. The van der Waals surface area contributed by atoms with Crippen LogP contribution in [-0.4, -0.2) is 24.5 Å². The fourth-order valence-electron chi connectivity index (χ4n) is 3.47. The van der Waals surface area contributed by atoms with Crippen LogP contribution in [0.5, 0.6) is 0 Å². The summed E-state index contributed by atoms with van der Waals surface area (Å²) in [4.78, 5) is 24.3. The van der Waals surface area contributed by atoms with E-state index in [1.807, 2.05) is 12.1 Å². The molecule has 0 radical (unpaired) electrons. The van der Waals surface area contributed by atoms with Crippen LogP contribution >= 0.6 is 0 Å². The lowest BCUT2D eigenvalue weighted by atomic mass is 10.1. The molecule has 0 unspecified atom stereocenters. The topological polar surface area (TPSA) is 55.4 Å². The molecule has 0 heterocycles. The molecule has 1 N–H and O–H groups in total. The fraction of sp³-hybridized carbons (Fsp3) is 0.692. The highest BCUT2D eigenvalue weighted by Crippen LogP contribution is 2.12. The second-order valence-electron chi connectivity index (χ2n) is 8.30. The highest BCUT2D eigenvalue weighted by atomic mass is 16.5. The van der Waals surface area contributed by atoms with Gasteiger partial charge in [0.2, 0.25) is 0 Å². The van der Waals surface area contributed by atoms with Crippen molar-refractivity contribution in [1.29, 1.82) is 0 Å². The van der Waals surface area contributed by atoms with Gasteiger partial charge in [-0.25, -0.2) is 4.79 Å². The first-order valence-corrected chi connectivity index (χ1v) is 12.1. The van der Waals surface area contributed by atoms with Crippen molar-refractivity contribution in [2.24, 2.45) is 0 Å². The van der Waals surface area contributed by atoms with E-state index in [2.05, 4.69) is 19.2 Å². The first-order valence-electron chi connectivity index (χ1n) is 12.1. The lowest BCUT2D eigenvalue weighted by Gasteiger charge is -2.13. The maximum absolute atomic E-state index is 12.2. The third-order valence-electron chi connectivity index (χ3n) is 5.57. The van der Waals surface area contributed by atoms with Gasteiger partial charge >= 0.3 is 5.97 Å². The van der Waals surface area contributed by atoms with Gasteiger partial charge in [-0.3, -0.25) is 4.79 Å². The summed E-state index contributed by atoms with van der Waals surface area (Å²) in [6, 6.07) is 6.81. The van der Waals surface area contributed by atoms with Crippen LogP contribution in [0, 0.1) is 0 Å². The third-order valence-corrected chi connectivity index (χ3v) is 5.57. The minimum atomic E-state index is -0.638. The van der Waals surface area contributed by atoms with E-state index in [0.717, 1.165) is 19.3 Å². The minimum absolute atomic E-state index is 0.243.